The van der Waals surface area contributed by atoms with Crippen molar-refractivity contribution >= 4 is 11.7 Å². The van der Waals surface area contributed by atoms with Crippen molar-refractivity contribution in [3.63, 3.8) is 0 Å². The number of oxime groups is 1. The van der Waals surface area contributed by atoms with Gasteiger partial charge in [-0.25, -0.2) is 0 Å². The molecule has 5 N–H and O–H groups in total. The van der Waals surface area contributed by atoms with E-state index in [1.807, 2.05) is 6.92 Å². The largest absolute Gasteiger partial charge is 0.409 e. The van der Waals surface area contributed by atoms with Crippen LogP contribution in [-0.2, 0) is 4.79 Å². The predicted octanol–water partition coefficient (Wildman–Crippen LogP) is 0.653. The second-order valence-corrected chi connectivity index (χ2v) is 4.80. The Morgan fingerprint density at radius 3 is 2.61 bits per heavy atom. The van der Waals surface area contributed by atoms with Crippen molar-refractivity contribution in [2.75, 3.05) is 13.1 Å². The van der Waals surface area contributed by atoms with Crippen LogP contribution in [0.4, 0.5) is 0 Å². The van der Waals surface area contributed by atoms with Crippen LogP contribution in [0.5, 0.6) is 0 Å². The minimum atomic E-state index is 0.0508. The normalized spacial score (nSPS) is 13.7. The van der Waals surface area contributed by atoms with Crippen molar-refractivity contribution in [1.29, 1.82) is 0 Å². The fourth-order valence-corrected chi connectivity index (χ4v) is 1.45. The Hall–Kier alpha value is -1.30. The molecule has 6 nitrogen and oxygen atoms in total. The highest BCUT2D eigenvalue weighted by molar-refractivity contribution is 5.80. The molecule has 0 aromatic carbocycles. The molecule has 6 heteroatoms. The zero-order valence-corrected chi connectivity index (χ0v) is 11.6. The lowest BCUT2D eigenvalue weighted by Crippen LogP contribution is -2.36. The Labute approximate surface area is 109 Å². The van der Waals surface area contributed by atoms with Gasteiger partial charge < -0.3 is 21.6 Å². The topological polar surface area (TPSA) is 99.7 Å². The van der Waals surface area contributed by atoms with Gasteiger partial charge in [0.05, 0.1) is 0 Å². The van der Waals surface area contributed by atoms with Crippen LogP contribution < -0.4 is 16.4 Å². The Morgan fingerprint density at radius 2 is 2.11 bits per heavy atom. The number of carbonyl (C=O) groups is 1. The first-order chi connectivity index (χ1) is 8.49. The average Bonchev–Trinajstić information content (AvgIpc) is 2.34. The summed E-state index contributed by atoms with van der Waals surface area (Å²) in [5, 5.41) is 17.5. The second-order valence-electron chi connectivity index (χ2n) is 4.80. The minimum Gasteiger partial charge on any atom is -0.409 e. The van der Waals surface area contributed by atoms with Crippen LogP contribution in [0.25, 0.3) is 0 Å². The van der Waals surface area contributed by atoms with Crippen LogP contribution in [0.1, 0.15) is 40.0 Å². The van der Waals surface area contributed by atoms with Gasteiger partial charge in [-0.2, -0.15) is 0 Å². The van der Waals surface area contributed by atoms with Crippen LogP contribution in [0.15, 0.2) is 5.16 Å². The molecule has 0 saturated carbocycles. The van der Waals surface area contributed by atoms with E-state index in [4.69, 9.17) is 10.9 Å². The summed E-state index contributed by atoms with van der Waals surface area (Å²) in [7, 11) is 0. The third-order valence-electron chi connectivity index (χ3n) is 2.57. The van der Waals surface area contributed by atoms with Gasteiger partial charge in [-0.3, -0.25) is 4.79 Å². The monoisotopic (exact) mass is 258 g/mol. The highest BCUT2D eigenvalue weighted by atomic mass is 16.4. The van der Waals surface area contributed by atoms with Gasteiger partial charge >= 0.3 is 0 Å². The number of carbonyl (C=O) groups excluding carboxylic acids is 1. The van der Waals surface area contributed by atoms with E-state index in [0.29, 0.717) is 31.8 Å². The summed E-state index contributed by atoms with van der Waals surface area (Å²) in [5.41, 5.74) is 5.44. The molecular weight excluding hydrogens is 232 g/mol. The van der Waals surface area contributed by atoms with Gasteiger partial charge in [0.25, 0.3) is 0 Å². The van der Waals surface area contributed by atoms with Crippen molar-refractivity contribution in [1.82, 2.24) is 10.6 Å². The number of nitrogens with zero attached hydrogens (tertiary/aromatic N) is 1. The van der Waals surface area contributed by atoms with Gasteiger partial charge in [-0.1, -0.05) is 25.9 Å². The van der Waals surface area contributed by atoms with Gasteiger partial charge in [0.1, 0.15) is 5.84 Å². The van der Waals surface area contributed by atoms with E-state index in [9.17, 15) is 4.79 Å². The zero-order valence-electron chi connectivity index (χ0n) is 11.6. The van der Waals surface area contributed by atoms with E-state index >= 15 is 0 Å². The summed E-state index contributed by atoms with van der Waals surface area (Å²) >= 11 is 0. The van der Waals surface area contributed by atoms with Crippen molar-refractivity contribution in [3.8, 4) is 0 Å². The zero-order chi connectivity index (χ0) is 14.0. The standard InChI is InChI=1S/C12H26N4O2/c1-4-10(7-11(13)16-18)14-6-5-12(17)15-8-9(2)3/h9-10,14,18H,4-8H2,1-3H3,(H2,13,16)(H,15,17). The van der Waals surface area contributed by atoms with Crippen LogP contribution >= 0.6 is 0 Å². The summed E-state index contributed by atoms with van der Waals surface area (Å²) in [6.07, 6.45) is 1.80. The van der Waals surface area contributed by atoms with Gasteiger partial charge in [-0.15, -0.1) is 0 Å². The van der Waals surface area contributed by atoms with Crippen molar-refractivity contribution in [3.05, 3.63) is 0 Å². The van der Waals surface area contributed by atoms with Gasteiger partial charge in [0.15, 0.2) is 0 Å². The number of amides is 1. The minimum absolute atomic E-state index is 0.0508. The van der Waals surface area contributed by atoms with Gasteiger partial charge in [0.2, 0.25) is 5.91 Å². The Balaban J connectivity index is 3.76. The van der Waals surface area contributed by atoms with Crippen molar-refractivity contribution in [2.45, 2.75) is 46.1 Å². The Kier molecular flexibility index (Phi) is 9.00. The number of rotatable bonds is 9. The predicted molar refractivity (Wildman–Crippen MR) is 72.6 cm³/mol. The quantitative estimate of drug-likeness (QED) is 0.211. The fraction of sp³-hybridized carbons (Fsp3) is 0.833. The van der Waals surface area contributed by atoms with Gasteiger partial charge in [-0.05, 0) is 12.3 Å². The Bertz CT molecular complexity index is 267. The Morgan fingerprint density at radius 1 is 1.44 bits per heavy atom. The second kappa shape index (κ2) is 9.70. The molecule has 1 atom stereocenters. The number of hydrogen-bond donors (Lipinski definition) is 4. The summed E-state index contributed by atoms with van der Waals surface area (Å²) < 4.78 is 0. The fourth-order valence-electron chi connectivity index (χ4n) is 1.45. The van der Waals surface area contributed by atoms with Crippen LogP contribution in [0.2, 0.25) is 0 Å². The molecule has 0 fully saturated rings. The number of nitrogens with one attached hydrogen (secondary N) is 2. The van der Waals surface area contributed by atoms with E-state index in [-0.39, 0.29) is 17.8 Å². The van der Waals surface area contributed by atoms with E-state index in [1.165, 1.54) is 0 Å². The maximum absolute atomic E-state index is 11.5. The molecule has 0 aliphatic carbocycles. The molecule has 0 spiro atoms. The van der Waals surface area contributed by atoms with Crippen LogP contribution in [0, 0.1) is 5.92 Å². The highest BCUT2D eigenvalue weighted by Crippen LogP contribution is 1.97. The molecule has 0 rings (SSSR count). The molecule has 0 aliphatic rings. The molecule has 1 unspecified atom stereocenters. The van der Waals surface area contributed by atoms with E-state index in [0.717, 1.165) is 6.42 Å². The molecule has 0 aromatic heterocycles. The number of amidine groups is 1. The lowest BCUT2D eigenvalue weighted by Gasteiger charge is -2.16. The van der Waals surface area contributed by atoms with Crippen molar-refractivity contribution < 1.29 is 10.0 Å². The lowest BCUT2D eigenvalue weighted by molar-refractivity contribution is -0.121. The molecule has 1 amide bonds. The van der Waals surface area contributed by atoms with E-state index in [1.54, 1.807) is 0 Å². The molecule has 0 aromatic rings. The summed E-state index contributed by atoms with van der Waals surface area (Å²) in [6, 6.07) is 0.138. The number of hydrogen-bond acceptors (Lipinski definition) is 4. The number of nitrogens with two attached hydrogens (primary N) is 1. The summed E-state index contributed by atoms with van der Waals surface area (Å²) in [5.74, 6) is 0.722. The van der Waals surface area contributed by atoms with Crippen molar-refractivity contribution in [2.24, 2.45) is 16.8 Å². The molecule has 0 heterocycles. The molecule has 0 radical (unpaired) electrons. The highest BCUT2D eigenvalue weighted by Gasteiger charge is 2.09. The average molecular weight is 258 g/mol. The lowest BCUT2D eigenvalue weighted by atomic mass is 10.1. The third kappa shape index (κ3) is 8.81. The molecule has 106 valence electrons. The SMILES string of the molecule is CCC(CC(N)=NO)NCCC(=O)NCC(C)C. The summed E-state index contributed by atoms with van der Waals surface area (Å²) in [4.78, 5) is 11.5. The first kappa shape index (κ1) is 16.7. The summed E-state index contributed by atoms with van der Waals surface area (Å²) in [6.45, 7) is 7.44. The first-order valence-electron chi connectivity index (χ1n) is 6.46. The van der Waals surface area contributed by atoms with Crippen LogP contribution in [0.3, 0.4) is 0 Å². The molecule has 18 heavy (non-hydrogen) atoms. The third-order valence-corrected chi connectivity index (χ3v) is 2.57. The first-order valence-corrected chi connectivity index (χ1v) is 6.46. The van der Waals surface area contributed by atoms with E-state index in [2.05, 4.69) is 29.6 Å². The van der Waals surface area contributed by atoms with Gasteiger partial charge in [0, 0.05) is 32.0 Å². The molecular formula is C12H26N4O2. The molecule has 0 aliphatic heterocycles. The maximum Gasteiger partial charge on any atom is 0.221 e. The van der Waals surface area contributed by atoms with Crippen LogP contribution in [-0.4, -0.2) is 36.1 Å². The maximum atomic E-state index is 11.5. The smallest absolute Gasteiger partial charge is 0.221 e. The molecule has 0 bridgehead atoms. The molecule has 0 saturated heterocycles. The van der Waals surface area contributed by atoms with E-state index < -0.39 is 0 Å².